The Hall–Kier alpha value is -1.22. The van der Waals surface area contributed by atoms with Crippen LogP contribution >= 0.6 is 0 Å². The topological polar surface area (TPSA) is 32.7 Å². The number of methoxy groups -OCH3 is 1. The Labute approximate surface area is 128 Å². The Morgan fingerprint density at radius 3 is 2.33 bits per heavy atom. The first-order chi connectivity index (χ1) is 10.1. The largest absolute Gasteiger partial charge is 0.496 e. The van der Waals surface area contributed by atoms with Crippen LogP contribution in [0.5, 0.6) is 5.75 Å². The molecule has 0 amide bonds. The first-order valence-electron chi connectivity index (χ1n) is 8.17. The van der Waals surface area contributed by atoms with Crippen LogP contribution in [0.4, 0.5) is 5.69 Å². The Morgan fingerprint density at radius 1 is 1.24 bits per heavy atom. The van der Waals surface area contributed by atoms with E-state index in [0.29, 0.717) is 5.41 Å². The summed E-state index contributed by atoms with van der Waals surface area (Å²) in [5, 5.41) is 10.1. The van der Waals surface area contributed by atoms with Crippen molar-refractivity contribution in [3.05, 3.63) is 23.8 Å². The van der Waals surface area contributed by atoms with Crippen LogP contribution in [-0.4, -0.2) is 25.3 Å². The maximum Gasteiger partial charge on any atom is 0.126 e. The second-order valence-electron chi connectivity index (χ2n) is 6.26. The van der Waals surface area contributed by atoms with E-state index in [1.165, 1.54) is 25.7 Å². The van der Waals surface area contributed by atoms with E-state index in [1.807, 2.05) is 19.1 Å². The minimum absolute atomic E-state index is 0.514. The van der Waals surface area contributed by atoms with Gasteiger partial charge in [0.15, 0.2) is 0 Å². The standard InChI is InChI=1S/C18H29NO2/c1-5-18(6-2)10-12-19(13-11-18)15-8-7-9-16(21-4)17(15)14(3)20/h7-9,14,20H,5-6,10-13H2,1-4H3. The Kier molecular flexibility index (Phi) is 5.15. The van der Waals surface area contributed by atoms with Crippen molar-refractivity contribution < 1.29 is 9.84 Å². The number of nitrogens with zero attached hydrogens (tertiary/aromatic N) is 1. The minimum Gasteiger partial charge on any atom is -0.496 e. The average molecular weight is 291 g/mol. The number of aliphatic hydroxyl groups excluding tert-OH is 1. The zero-order chi connectivity index (χ0) is 15.5. The van der Waals surface area contributed by atoms with Crippen LogP contribution in [0.3, 0.4) is 0 Å². The van der Waals surface area contributed by atoms with Crippen molar-refractivity contribution in [2.45, 2.75) is 52.6 Å². The summed E-state index contributed by atoms with van der Waals surface area (Å²) < 4.78 is 5.43. The zero-order valence-corrected chi connectivity index (χ0v) is 13.9. The highest BCUT2D eigenvalue weighted by atomic mass is 16.5. The molecule has 2 rings (SSSR count). The smallest absolute Gasteiger partial charge is 0.126 e. The van der Waals surface area contributed by atoms with E-state index >= 15 is 0 Å². The van der Waals surface area contributed by atoms with Crippen LogP contribution in [0, 0.1) is 5.41 Å². The van der Waals surface area contributed by atoms with Gasteiger partial charge in [0.05, 0.1) is 13.2 Å². The molecule has 1 aromatic carbocycles. The molecule has 1 saturated heterocycles. The highest BCUT2D eigenvalue weighted by Gasteiger charge is 2.32. The fourth-order valence-corrected chi connectivity index (χ4v) is 3.59. The van der Waals surface area contributed by atoms with Gasteiger partial charge in [0.2, 0.25) is 0 Å². The molecule has 3 heteroatoms. The molecule has 1 aliphatic heterocycles. The summed E-state index contributed by atoms with van der Waals surface area (Å²) in [6, 6.07) is 6.05. The predicted molar refractivity (Wildman–Crippen MR) is 88.1 cm³/mol. The number of ether oxygens (including phenoxy) is 1. The van der Waals surface area contributed by atoms with Gasteiger partial charge in [-0.25, -0.2) is 0 Å². The molecule has 0 aromatic heterocycles. The number of benzene rings is 1. The molecule has 0 bridgehead atoms. The maximum atomic E-state index is 10.1. The SMILES string of the molecule is CCC1(CC)CCN(c2cccc(OC)c2C(C)O)CC1. The van der Waals surface area contributed by atoms with Crippen molar-refractivity contribution in [2.75, 3.05) is 25.1 Å². The molecule has 0 saturated carbocycles. The predicted octanol–water partition coefficient (Wildman–Crippen LogP) is 4.16. The molecule has 0 spiro atoms. The molecule has 1 fully saturated rings. The molecule has 1 heterocycles. The highest BCUT2D eigenvalue weighted by Crippen LogP contribution is 2.41. The number of piperidine rings is 1. The first kappa shape index (κ1) is 16.2. The van der Waals surface area contributed by atoms with Gasteiger partial charge in [-0.15, -0.1) is 0 Å². The molecule has 0 radical (unpaired) electrons. The van der Waals surface area contributed by atoms with Gasteiger partial charge in [0, 0.05) is 24.3 Å². The minimum atomic E-state index is -0.514. The van der Waals surface area contributed by atoms with Gasteiger partial charge in [-0.3, -0.25) is 0 Å². The molecule has 0 aliphatic carbocycles. The number of anilines is 1. The quantitative estimate of drug-likeness (QED) is 0.884. The molecule has 1 atom stereocenters. The Morgan fingerprint density at radius 2 is 1.86 bits per heavy atom. The lowest BCUT2D eigenvalue weighted by Crippen LogP contribution is -2.40. The normalized spacial score (nSPS) is 19.4. The lowest BCUT2D eigenvalue weighted by molar-refractivity contribution is 0.189. The van der Waals surface area contributed by atoms with Gasteiger partial charge >= 0.3 is 0 Å². The summed E-state index contributed by atoms with van der Waals surface area (Å²) in [4.78, 5) is 2.41. The Balaban J connectivity index is 2.24. The maximum absolute atomic E-state index is 10.1. The van der Waals surface area contributed by atoms with Crippen molar-refractivity contribution in [2.24, 2.45) is 5.41 Å². The lowest BCUT2D eigenvalue weighted by Gasteiger charge is -2.42. The van der Waals surface area contributed by atoms with Gasteiger partial charge in [-0.2, -0.15) is 0 Å². The van der Waals surface area contributed by atoms with Crippen molar-refractivity contribution in [3.63, 3.8) is 0 Å². The molecule has 1 unspecified atom stereocenters. The third-order valence-electron chi connectivity index (χ3n) is 5.35. The van der Waals surface area contributed by atoms with Gasteiger partial charge in [0.1, 0.15) is 5.75 Å². The molecule has 1 N–H and O–H groups in total. The fourth-order valence-electron chi connectivity index (χ4n) is 3.59. The molecule has 3 nitrogen and oxygen atoms in total. The monoisotopic (exact) mass is 291 g/mol. The second-order valence-corrected chi connectivity index (χ2v) is 6.26. The van der Waals surface area contributed by atoms with E-state index in [1.54, 1.807) is 7.11 Å². The van der Waals surface area contributed by atoms with E-state index < -0.39 is 6.10 Å². The number of rotatable bonds is 5. The van der Waals surface area contributed by atoms with Gasteiger partial charge < -0.3 is 14.7 Å². The highest BCUT2D eigenvalue weighted by molar-refractivity contribution is 5.60. The number of hydrogen-bond donors (Lipinski definition) is 1. The van der Waals surface area contributed by atoms with E-state index in [9.17, 15) is 5.11 Å². The van der Waals surface area contributed by atoms with E-state index in [-0.39, 0.29) is 0 Å². The molecule has 21 heavy (non-hydrogen) atoms. The van der Waals surface area contributed by atoms with Crippen LogP contribution in [-0.2, 0) is 0 Å². The van der Waals surface area contributed by atoms with Crippen LogP contribution in [0.1, 0.15) is 58.1 Å². The van der Waals surface area contributed by atoms with Crippen LogP contribution in [0.15, 0.2) is 18.2 Å². The van der Waals surface area contributed by atoms with E-state index in [0.717, 1.165) is 30.1 Å². The zero-order valence-electron chi connectivity index (χ0n) is 13.9. The molecule has 1 aromatic rings. The van der Waals surface area contributed by atoms with Crippen molar-refractivity contribution in [1.29, 1.82) is 0 Å². The Bertz CT molecular complexity index is 456. The lowest BCUT2D eigenvalue weighted by atomic mass is 9.74. The van der Waals surface area contributed by atoms with Crippen LogP contribution < -0.4 is 9.64 Å². The summed E-state index contributed by atoms with van der Waals surface area (Å²) in [7, 11) is 1.67. The molecule has 1 aliphatic rings. The summed E-state index contributed by atoms with van der Waals surface area (Å²) in [5.74, 6) is 0.783. The summed E-state index contributed by atoms with van der Waals surface area (Å²) in [6.45, 7) is 8.56. The van der Waals surface area contributed by atoms with Crippen LogP contribution in [0.25, 0.3) is 0 Å². The fraction of sp³-hybridized carbons (Fsp3) is 0.667. The number of aliphatic hydroxyl groups is 1. The van der Waals surface area contributed by atoms with Gasteiger partial charge in [-0.05, 0) is 37.3 Å². The van der Waals surface area contributed by atoms with Crippen LogP contribution in [0.2, 0.25) is 0 Å². The van der Waals surface area contributed by atoms with Crippen molar-refractivity contribution in [3.8, 4) is 5.75 Å². The van der Waals surface area contributed by atoms with Gasteiger partial charge in [0.25, 0.3) is 0 Å². The van der Waals surface area contributed by atoms with E-state index in [2.05, 4.69) is 24.8 Å². The van der Waals surface area contributed by atoms with Crippen molar-refractivity contribution in [1.82, 2.24) is 0 Å². The third-order valence-corrected chi connectivity index (χ3v) is 5.35. The van der Waals surface area contributed by atoms with Crippen molar-refractivity contribution >= 4 is 5.69 Å². The summed E-state index contributed by atoms with van der Waals surface area (Å²) in [5.41, 5.74) is 2.56. The van der Waals surface area contributed by atoms with E-state index in [4.69, 9.17) is 4.74 Å². The summed E-state index contributed by atoms with van der Waals surface area (Å²) >= 11 is 0. The third kappa shape index (κ3) is 3.18. The molecule has 118 valence electrons. The number of hydrogen-bond acceptors (Lipinski definition) is 3. The molecular weight excluding hydrogens is 262 g/mol. The first-order valence-corrected chi connectivity index (χ1v) is 8.17. The van der Waals surface area contributed by atoms with Gasteiger partial charge in [-0.1, -0.05) is 32.8 Å². The molecular formula is C18H29NO2. The second kappa shape index (κ2) is 6.69. The average Bonchev–Trinajstić information content (AvgIpc) is 2.54. The summed E-state index contributed by atoms with van der Waals surface area (Å²) in [6.07, 6.45) is 4.48.